The number of nitrogens with zero attached hydrogens (tertiary/aromatic N) is 1. The smallest absolute Gasteiger partial charge is 0.297 e. The monoisotopic (exact) mass is 504 g/mol. The third kappa shape index (κ3) is 8.24. The van der Waals surface area contributed by atoms with Crippen LogP contribution in [-0.4, -0.2) is 23.7 Å². The summed E-state index contributed by atoms with van der Waals surface area (Å²) < 4.78 is 13.7. The molecule has 0 spiro atoms. The van der Waals surface area contributed by atoms with E-state index in [1.165, 1.54) is 31.8 Å². The third-order valence-corrected chi connectivity index (χ3v) is 6.29. The topological polar surface area (TPSA) is 69.6 Å². The summed E-state index contributed by atoms with van der Waals surface area (Å²) in [5, 5.41) is 3.67. The number of carbonyl (C=O) groups excluding carboxylic acids is 1. The van der Waals surface area contributed by atoms with Crippen molar-refractivity contribution in [3.63, 3.8) is 0 Å². The molecule has 6 heteroatoms. The van der Waals surface area contributed by atoms with E-state index in [0.717, 1.165) is 36.6 Å². The number of aryl methyl sites for hydroxylation is 1. The number of hydrogen-bond donors (Lipinski definition) is 1. The standard InChI is InChI=1S/C31H40N2O4/c1-4-6-8-9-10-14-22-37-30-29(36-21-7-5-2)26-19-18-25(23-27(26)33(3)31(30)35)32-28(34)20-17-24-15-12-11-13-16-24/h11-13,15-20,23H,4-10,14,21-22H2,1-3H3,(H,32,34)/b20-17+. The predicted molar refractivity (Wildman–Crippen MR) is 153 cm³/mol. The van der Waals surface area contributed by atoms with E-state index in [1.54, 1.807) is 23.8 Å². The van der Waals surface area contributed by atoms with Gasteiger partial charge in [0.25, 0.3) is 5.56 Å². The molecule has 1 heterocycles. The Morgan fingerprint density at radius 3 is 2.30 bits per heavy atom. The molecule has 1 aromatic heterocycles. The average Bonchev–Trinajstić information content (AvgIpc) is 2.91. The zero-order chi connectivity index (χ0) is 26.5. The molecule has 0 bridgehead atoms. The van der Waals surface area contributed by atoms with Crippen molar-refractivity contribution in [1.29, 1.82) is 0 Å². The van der Waals surface area contributed by atoms with Gasteiger partial charge in [-0.3, -0.25) is 9.59 Å². The number of pyridine rings is 1. The second-order valence-electron chi connectivity index (χ2n) is 9.31. The molecule has 1 amide bonds. The Bertz CT molecular complexity index is 1230. The molecule has 3 rings (SSSR count). The van der Waals surface area contributed by atoms with E-state index in [9.17, 15) is 9.59 Å². The van der Waals surface area contributed by atoms with Crippen LogP contribution in [0.25, 0.3) is 17.0 Å². The summed E-state index contributed by atoms with van der Waals surface area (Å²) in [6.45, 7) is 5.30. The van der Waals surface area contributed by atoms with Gasteiger partial charge in [0.15, 0.2) is 5.75 Å². The Hall–Kier alpha value is -3.54. The Morgan fingerprint density at radius 2 is 1.54 bits per heavy atom. The van der Waals surface area contributed by atoms with E-state index >= 15 is 0 Å². The summed E-state index contributed by atoms with van der Waals surface area (Å²) in [6.07, 6.45) is 12.0. The first kappa shape index (κ1) is 28.0. The fraction of sp³-hybridized carbons (Fsp3) is 0.419. The minimum absolute atomic E-state index is 0.238. The van der Waals surface area contributed by atoms with Crippen molar-refractivity contribution >= 4 is 28.6 Å². The summed E-state index contributed by atoms with van der Waals surface area (Å²) in [6, 6.07) is 15.1. The number of amides is 1. The van der Waals surface area contributed by atoms with Crippen molar-refractivity contribution < 1.29 is 14.3 Å². The number of nitrogens with one attached hydrogen (secondary N) is 1. The lowest BCUT2D eigenvalue weighted by atomic mass is 10.1. The second-order valence-corrected chi connectivity index (χ2v) is 9.31. The van der Waals surface area contributed by atoms with Gasteiger partial charge in [0.05, 0.1) is 18.7 Å². The van der Waals surface area contributed by atoms with Crippen LogP contribution in [0, 0.1) is 0 Å². The molecule has 6 nitrogen and oxygen atoms in total. The maximum atomic E-state index is 13.3. The van der Waals surface area contributed by atoms with Gasteiger partial charge >= 0.3 is 0 Å². The first-order valence-corrected chi connectivity index (χ1v) is 13.5. The maximum absolute atomic E-state index is 13.3. The first-order valence-electron chi connectivity index (χ1n) is 13.5. The van der Waals surface area contributed by atoms with E-state index in [2.05, 4.69) is 19.2 Å². The van der Waals surface area contributed by atoms with Gasteiger partial charge in [-0.1, -0.05) is 82.7 Å². The molecule has 0 saturated carbocycles. The zero-order valence-corrected chi connectivity index (χ0v) is 22.4. The quantitative estimate of drug-likeness (QED) is 0.177. The molecule has 37 heavy (non-hydrogen) atoms. The highest BCUT2D eigenvalue weighted by Gasteiger charge is 2.19. The highest BCUT2D eigenvalue weighted by molar-refractivity contribution is 6.03. The Kier molecular flexibility index (Phi) is 11.3. The molecule has 0 unspecified atom stereocenters. The van der Waals surface area contributed by atoms with Crippen molar-refractivity contribution in [3.05, 3.63) is 70.5 Å². The van der Waals surface area contributed by atoms with Crippen LogP contribution in [0.15, 0.2) is 59.4 Å². The van der Waals surface area contributed by atoms with Crippen LogP contribution in [-0.2, 0) is 11.8 Å². The summed E-state index contributed by atoms with van der Waals surface area (Å²) in [4.78, 5) is 25.8. The van der Waals surface area contributed by atoms with E-state index in [-0.39, 0.29) is 17.2 Å². The van der Waals surface area contributed by atoms with Crippen LogP contribution in [0.5, 0.6) is 11.5 Å². The number of benzene rings is 2. The number of hydrogen-bond acceptors (Lipinski definition) is 4. The normalized spacial score (nSPS) is 11.2. The van der Waals surface area contributed by atoms with Gasteiger partial charge in [-0.15, -0.1) is 0 Å². The summed E-state index contributed by atoms with van der Waals surface area (Å²) in [7, 11) is 1.72. The van der Waals surface area contributed by atoms with Crippen molar-refractivity contribution in [3.8, 4) is 11.5 Å². The second kappa shape index (κ2) is 14.9. The number of carbonyl (C=O) groups is 1. The summed E-state index contributed by atoms with van der Waals surface area (Å²) in [5.74, 6) is 0.508. The minimum atomic E-state index is -0.244. The molecule has 1 N–H and O–H groups in total. The molecule has 0 fully saturated rings. The fourth-order valence-corrected chi connectivity index (χ4v) is 4.13. The van der Waals surface area contributed by atoms with Gasteiger partial charge in [-0.25, -0.2) is 0 Å². The van der Waals surface area contributed by atoms with Gasteiger partial charge < -0.3 is 19.4 Å². The van der Waals surface area contributed by atoms with Gasteiger partial charge in [0.2, 0.25) is 11.7 Å². The number of anilines is 1. The molecule has 198 valence electrons. The largest absolute Gasteiger partial charge is 0.489 e. The number of rotatable bonds is 15. The molecule has 0 aliphatic heterocycles. The molecule has 2 aromatic carbocycles. The minimum Gasteiger partial charge on any atom is -0.489 e. The summed E-state index contributed by atoms with van der Waals surface area (Å²) >= 11 is 0. The van der Waals surface area contributed by atoms with Crippen LogP contribution in [0.4, 0.5) is 5.69 Å². The Morgan fingerprint density at radius 1 is 0.865 bits per heavy atom. The third-order valence-electron chi connectivity index (χ3n) is 6.29. The average molecular weight is 505 g/mol. The SMILES string of the molecule is CCCCCCCCOc1c(OCCCC)c2ccc(NC(=O)/C=C/c3ccccc3)cc2n(C)c1=O. The van der Waals surface area contributed by atoms with Gasteiger partial charge in [-0.05, 0) is 42.7 Å². The van der Waals surface area contributed by atoms with Gasteiger partial charge in [0.1, 0.15) is 0 Å². The predicted octanol–water partition coefficient (Wildman–Crippen LogP) is 7.11. The van der Waals surface area contributed by atoms with Crippen LogP contribution >= 0.6 is 0 Å². The lowest BCUT2D eigenvalue weighted by Gasteiger charge is -2.17. The lowest BCUT2D eigenvalue weighted by molar-refractivity contribution is -0.111. The van der Waals surface area contributed by atoms with Crippen molar-refractivity contribution in [1.82, 2.24) is 4.57 Å². The van der Waals surface area contributed by atoms with E-state index in [4.69, 9.17) is 9.47 Å². The van der Waals surface area contributed by atoms with Crippen molar-refractivity contribution in [2.45, 2.75) is 65.2 Å². The number of fused-ring (bicyclic) bond motifs is 1. The van der Waals surface area contributed by atoms with Gasteiger partial charge in [0, 0.05) is 24.2 Å². The molecule has 3 aromatic rings. The van der Waals surface area contributed by atoms with Crippen molar-refractivity contribution in [2.75, 3.05) is 18.5 Å². The molecule has 0 radical (unpaired) electrons. The fourth-order valence-electron chi connectivity index (χ4n) is 4.13. The number of aromatic nitrogens is 1. The van der Waals surface area contributed by atoms with Crippen LogP contribution < -0.4 is 20.3 Å². The highest BCUT2D eigenvalue weighted by atomic mass is 16.5. The molecular formula is C31H40N2O4. The van der Waals surface area contributed by atoms with E-state index < -0.39 is 0 Å². The zero-order valence-electron chi connectivity index (χ0n) is 22.4. The molecule has 0 aliphatic rings. The maximum Gasteiger partial charge on any atom is 0.297 e. The Balaban J connectivity index is 1.81. The molecular weight excluding hydrogens is 464 g/mol. The van der Waals surface area contributed by atoms with E-state index in [1.807, 2.05) is 42.5 Å². The van der Waals surface area contributed by atoms with E-state index in [0.29, 0.717) is 30.2 Å². The lowest BCUT2D eigenvalue weighted by Crippen LogP contribution is -2.22. The number of ether oxygens (including phenoxy) is 2. The van der Waals surface area contributed by atoms with Crippen LogP contribution in [0.3, 0.4) is 0 Å². The number of unbranched alkanes of at least 4 members (excludes halogenated alkanes) is 6. The summed E-state index contributed by atoms with van der Waals surface area (Å²) in [5.41, 5.74) is 1.98. The molecule has 0 aliphatic carbocycles. The Labute approximate surface area is 220 Å². The van der Waals surface area contributed by atoms with Gasteiger partial charge in [-0.2, -0.15) is 0 Å². The van der Waals surface area contributed by atoms with Crippen LogP contribution in [0.1, 0.15) is 70.8 Å². The highest BCUT2D eigenvalue weighted by Crippen LogP contribution is 2.34. The van der Waals surface area contributed by atoms with Crippen molar-refractivity contribution in [2.24, 2.45) is 7.05 Å². The molecule has 0 saturated heterocycles. The first-order chi connectivity index (χ1) is 18.0. The molecule has 0 atom stereocenters. The van der Waals surface area contributed by atoms with Crippen LogP contribution in [0.2, 0.25) is 0 Å².